The lowest BCUT2D eigenvalue weighted by Crippen LogP contribution is -2.24. The molecular formula is C9H11ClN2O3. The predicted octanol–water partition coefficient (Wildman–Crippen LogP) is 0.647. The van der Waals surface area contributed by atoms with Crippen LogP contribution in [0.15, 0.2) is 17.1 Å². The van der Waals surface area contributed by atoms with Gasteiger partial charge in [0.2, 0.25) is 0 Å². The van der Waals surface area contributed by atoms with E-state index in [1.165, 1.54) is 6.20 Å². The average molecular weight is 231 g/mol. The molecule has 0 radical (unpaired) electrons. The smallest absolute Gasteiger partial charge is 0.326 e. The van der Waals surface area contributed by atoms with Gasteiger partial charge in [-0.3, -0.25) is 9.59 Å². The summed E-state index contributed by atoms with van der Waals surface area (Å²) in [6.45, 7) is 1.81. The Balaban J connectivity index is 2.91. The molecule has 0 aliphatic rings. The highest BCUT2D eigenvalue weighted by molar-refractivity contribution is 6.32. The number of pyridine rings is 1. The molecule has 0 aromatic carbocycles. The lowest BCUT2D eigenvalue weighted by molar-refractivity contribution is -0.143. The molecule has 0 amide bonds. The lowest BCUT2D eigenvalue weighted by atomic mass is 10.4. The van der Waals surface area contributed by atoms with Gasteiger partial charge in [-0.15, -0.1) is 0 Å². The summed E-state index contributed by atoms with van der Waals surface area (Å²) in [7, 11) is 0. The minimum Gasteiger partial charge on any atom is -0.465 e. The topological polar surface area (TPSA) is 74.3 Å². The Morgan fingerprint density at radius 1 is 1.67 bits per heavy atom. The van der Waals surface area contributed by atoms with Gasteiger partial charge in [-0.1, -0.05) is 11.6 Å². The van der Waals surface area contributed by atoms with Gasteiger partial charge in [0.25, 0.3) is 5.56 Å². The summed E-state index contributed by atoms with van der Waals surface area (Å²) in [5, 5.41) is 0.181. The van der Waals surface area contributed by atoms with E-state index in [1.54, 1.807) is 6.92 Å². The molecule has 0 spiro atoms. The number of hydrogen-bond donors (Lipinski definition) is 1. The predicted molar refractivity (Wildman–Crippen MR) is 56.8 cm³/mol. The summed E-state index contributed by atoms with van der Waals surface area (Å²) >= 11 is 5.63. The standard InChI is InChI=1S/C9H11ClN2O3/c1-2-15-9(14)5-12-4-7(11)6(10)3-8(12)13/h3-4H,2,5,11H2,1H3. The van der Waals surface area contributed by atoms with E-state index in [-0.39, 0.29) is 29.4 Å². The molecule has 1 heterocycles. The number of carbonyl (C=O) groups excluding carboxylic acids is 1. The molecule has 0 bridgehead atoms. The second-order valence-electron chi connectivity index (χ2n) is 2.85. The number of nitrogen functional groups attached to an aromatic ring is 1. The number of esters is 1. The molecule has 0 unspecified atom stereocenters. The highest BCUT2D eigenvalue weighted by atomic mass is 35.5. The van der Waals surface area contributed by atoms with Gasteiger partial charge in [0, 0.05) is 12.3 Å². The summed E-state index contributed by atoms with van der Waals surface area (Å²) < 4.78 is 5.85. The van der Waals surface area contributed by atoms with Crippen molar-refractivity contribution in [2.75, 3.05) is 12.3 Å². The van der Waals surface area contributed by atoms with E-state index in [2.05, 4.69) is 0 Å². The van der Waals surface area contributed by atoms with E-state index >= 15 is 0 Å². The maximum atomic E-state index is 11.3. The molecule has 2 N–H and O–H groups in total. The zero-order valence-corrected chi connectivity index (χ0v) is 8.95. The molecule has 15 heavy (non-hydrogen) atoms. The average Bonchev–Trinajstić information content (AvgIpc) is 2.14. The first kappa shape index (κ1) is 11.6. The molecule has 1 aromatic rings. The van der Waals surface area contributed by atoms with Crippen molar-refractivity contribution >= 4 is 23.3 Å². The Bertz CT molecular complexity index is 428. The zero-order chi connectivity index (χ0) is 11.4. The van der Waals surface area contributed by atoms with Crippen LogP contribution >= 0.6 is 11.6 Å². The van der Waals surface area contributed by atoms with Crippen LogP contribution in [0.4, 0.5) is 5.69 Å². The van der Waals surface area contributed by atoms with Crippen molar-refractivity contribution in [1.82, 2.24) is 4.57 Å². The second kappa shape index (κ2) is 4.84. The number of hydrogen-bond acceptors (Lipinski definition) is 4. The first-order valence-corrected chi connectivity index (χ1v) is 4.73. The van der Waals surface area contributed by atoms with Crippen molar-refractivity contribution in [3.8, 4) is 0 Å². The molecule has 6 heteroatoms. The molecule has 0 saturated carbocycles. The largest absolute Gasteiger partial charge is 0.465 e. The minimum atomic E-state index is -0.485. The quantitative estimate of drug-likeness (QED) is 0.774. The maximum absolute atomic E-state index is 11.3. The number of ether oxygens (including phenoxy) is 1. The fourth-order valence-corrected chi connectivity index (χ4v) is 1.18. The van der Waals surface area contributed by atoms with Crippen molar-refractivity contribution in [2.45, 2.75) is 13.5 Å². The van der Waals surface area contributed by atoms with Gasteiger partial charge in [-0.2, -0.15) is 0 Å². The second-order valence-corrected chi connectivity index (χ2v) is 3.26. The highest BCUT2D eigenvalue weighted by Crippen LogP contribution is 2.13. The number of halogens is 1. The van der Waals surface area contributed by atoms with Crippen LogP contribution in [-0.4, -0.2) is 17.1 Å². The van der Waals surface area contributed by atoms with Crippen LogP contribution in [0.1, 0.15) is 6.92 Å². The molecule has 0 atom stereocenters. The molecule has 0 fully saturated rings. The van der Waals surface area contributed by atoms with Crippen LogP contribution in [0.5, 0.6) is 0 Å². The number of carbonyl (C=O) groups is 1. The Morgan fingerprint density at radius 2 is 2.33 bits per heavy atom. The molecule has 1 rings (SSSR count). The third-order valence-electron chi connectivity index (χ3n) is 1.71. The Kier molecular flexibility index (Phi) is 3.74. The highest BCUT2D eigenvalue weighted by Gasteiger charge is 2.07. The van der Waals surface area contributed by atoms with Crippen LogP contribution < -0.4 is 11.3 Å². The third kappa shape index (κ3) is 2.99. The molecule has 0 aliphatic carbocycles. The van der Waals surface area contributed by atoms with E-state index < -0.39 is 5.97 Å². The fourth-order valence-electron chi connectivity index (χ4n) is 1.04. The van der Waals surface area contributed by atoms with Gasteiger partial charge in [-0.05, 0) is 6.92 Å². The van der Waals surface area contributed by atoms with Crippen molar-refractivity contribution < 1.29 is 9.53 Å². The molecule has 0 aliphatic heterocycles. The van der Waals surface area contributed by atoms with Crippen LogP contribution in [0.25, 0.3) is 0 Å². The van der Waals surface area contributed by atoms with E-state index in [0.29, 0.717) is 0 Å². The lowest BCUT2D eigenvalue weighted by Gasteiger charge is -2.06. The summed E-state index contributed by atoms with van der Waals surface area (Å²) in [5.74, 6) is -0.485. The van der Waals surface area contributed by atoms with Crippen LogP contribution in [-0.2, 0) is 16.1 Å². The molecule has 5 nitrogen and oxygen atoms in total. The van der Waals surface area contributed by atoms with E-state index in [4.69, 9.17) is 22.1 Å². The van der Waals surface area contributed by atoms with Gasteiger partial charge in [0.05, 0.1) is 17.3 Å². The zero-order valence-electron chi connectivity index (χ0n) is 8.20. The number of anilines is 1. The number of nitrogens with zero attached hydrogens (tertiary/aromatic N) is 1. The van der Waals surface area contributed by atoms with Gasteiger partial charge < -0.3 is 15.0 Å². The van der Waals surface area contributed by atoms with Gasteiger partial charge in [-0.25, -0.2) is 0 Å². The van der Waals surface area contributed by atoms with Crippen LogP contribution in [0.3, 0.4) is 0 Å². The van der Waals surface area contributed by atoms with Crippen molar-refractivity contribution in [3.63, 3.8) is 0 Å². The van der Waals surface area contributed by atoms with Crippen molar-refractivity contribution in [3.05, 3.63) is 27.6 Å². The number of aromatic nitrogens is 1. The summed E-state index contributed by atoms with van der Waals surface area (Å²) in [4.78, 5) is 22.5. The molecule has 1 aromatic heterocycles. The van der Waals surface area contributed by atoms with Crippen LogP contribution in [0, 0.1) is 0 Å². The summed E-state index contributed by atoms with van der Waals surface area (Å²) in [5.41, 5.74) is 5.36. The third-order valence-corrected chi connectivity index (χ3v) is 2.04. The monoisotopic (exact) mass is 230 g/mol. The minimum absolute atomic E-state index is 0.159. The molecule has 82 valence electrons. The number of nitrogens with two attached hydrogens (primary N) is 1. The van der Waals surface area contributed by atoms with E-state index in [0.717, 1.165) is 10.6 Å². The maximum Gasteiger partial charge on any atom is 0.326 e. The normalized spacial score (nSPS) is 10.0. The summed E-state index contributed by atoms with van der Waals surface area (Å²) in [6.07, 6.45) is 1.32. The van der Waals surface area contributed by atoms with Crippen molar-refractivity contribution in [2.24, 2.45) is 0 Å². The van der Waals surface area contributed by atoms with Gasteiger partial charge >= 0.3 is 5.97 Å². The van der Waals surface area contributed by atoms with Crippen molar-refractivity contribution in [1.29, 1.82) is 0 Å². The Labute approximate surface area is 91.4 Å². The first-order chi connectivity index (χ1) is 7.04. The molecular weight excluding hydrogens is 220 g/mol. The van der Waals surface area contributed by atoms with E-state index in [1.807, 2.05) is 0 Å². The Morgan fingerprint density at radius 3 is 2.93 bits per heavy atom. The van der Waals surface area contributed by atoms with Gasteiger partial charge in [0.1, 0.15) is 6.54 Å². The SMILES string of the molecule is CCOC(=O)Cn1cc(N)c(Cl)cc1=O. The fraction of sp³-hybridized carbons (Fsp3) is 0.333. The summed E-state index contributed by atoms with van der Waals surface area (Å²) in [6, 6.07) is 1.16. The molecule has 0 saturated heterocycles. The first-order valence-electron chi connectivity index (χ1n) is 4.35. The van der Waals surface area contributed by atoms with E-state index in [9.17, 15) is 9.59 Å². The van der Waals surface area contributed by atoms with Crippen LogP contribution in [0.2, 0.25) is 5.02 Å². The number of rotatable bonds is 3. The van der Waals surface area contributed by atoms with Gasteiger partial charge in [0.15, 0.2) is 0 Å². The Hall–Kier alpha value is -1.49.